The molecule has 0 bridgehead atoms. The van der Waals surface area contributed by atoms with Gasteiger partial charge >= 0.3 is 0 Å². The largest absolute Gasteiger partial charge is 0.497 e. The lowest BCUT2D eigenvalue weighted by atomic mass is 10.2. The van der Waals surface area contributed by atoms with Crippen molar-refractivity contribution in [3.63, 3.8) is 0 Å². The van der Waals surface area contributed by atoms with Gasteiger partial charge in [-0.3, -0.25) is 4.79 Å². The molecule has 102 valence electrons. The Morgan fingerprint density at radius 1 is 1.00 bits per heavy atom. The Morgan fingerprint density at radius 2 is 1.65 bits per heavy atom. The SMILES string of the molecule is COc1cc(OC)cc(-n2sc3ccccc3c2=O)c1. The minimum Gasteiger partial charge on any atom is -0.497 e. The van der Waals surface area contributed by atoms with E-state index in [0.29, 0.717) is 11.5 Å². The molecule has 0 unspecified atom stereocenters. The third-order valence-electron chi connectivity index (χ3n) is 3.06. The van der Waals surface area contributed by atoms with Gasteiger partial charge in [0.15, 0.2) is 0 Å². The summed E-state index contributed by atoms with van der Waals surface area (Å²) in [5, 5.41) is 0.722. The Bertz CT molecular complexity index is 797. The molecule has 0 N–H and O–H groups in total. The van der Waals surface area contributed by atoms with E-state index in [0.717, 1.165) is 15.8 Å². The quantitative estimate of drug-likeness (QED) is 0.743. The third-order valence-corrected chi connectivity index (χ3v) is 4.17. The predicted octanol–water partition coefficient (Wildman–Crippen LogP) is 3.07. The number of hydrogen-bond donors (Lipinski definition) is 0. The summed E-state index contributed by atoms with van der Waals surface area (Å²) in [7, 11) is 3.18. The van der Waals surface area contributed by atoms with Crippen LogP contribution in [0, 0.1) is 0 Å². The summed E-state index contributed by atoms with van der Waals surface area (Å²) < 4.78 is 13.1. The first kappa shape index (κ1) is 12.7. The minimum atomic E-state index is -0.0269. The van der Waals surface area contributed by atoms with Crippen molar-refractivity contribution in [2.75, 3.05) is 14.2 Å². The summed E-state index contributed by atoms with van der Waals surface area (Å²) in [6, 6.07) is 13.0. The highest BCUT2D eigenvalue weighted by Gasteiger charge is 2.10. The van der Waals surface area contributed by atoms with Crippen LogP contribution in [0.4, 0.5) is 0 Å². The second-order valence-corrected chi connectivity index (χ2v) is 5.25. The van der Waals surface area contributed by atoms with Crippen molar-refractivity contribution in [2.45, 2.75) is 0 Å². The Morgan fingerprint density at radius 3 is 2.25 bits per heavy atom. The van der Waals surface area contributed by atoms with E-state index in [1.54, 1.807) is 24.2 Å². The molecule has 0 amide bonds. The highest BCUT2D eigenvalue weighted by Crippen LogP contribution is 2.27. The fraction of sp³-hybridized carbons (Fsp3) is 0.133. The van der Waals surface area contributed by atoms with E-state index in [-0.39, 0.29) is 5.56 Å². The number of rotatable bonds is 3. The molecule has 3 rings (SSSR count). The number of methoxy groups -OCH3 is 2. The van der Waals surface area contributed by atoms with Gasteiger partial charge in [-0.1, -0.05) is 23.7 Å². The molecule has 0 spiro atoms. The van der Waals surface area contributed by atoms with Gasteiger partial charge in [-0.05, 0) is 12.1 Å². The lowest BCUT2D eigenvalue weighted by molar-refractivity contribution is 0.394. The number of ether oxygens (including phenoxy) is 2. The van der Waals surface area contributed by atoms with Gasteiger partial charge in [-0.25, -0.2) is 3.96 Å². The smallest absolute Gasteiger partial charge is 0.273 e. The number of aromatic nitrogens is 1. The Hall–Kier alpha value is -2.27. The zero-order chi connectivity index (χ0) is 14.1. The van der Waals surface area contributed by atoms with Crippen LogP contribution in [0.1, 0.15) is 0 Å². The zero-order valence-corrected chi connectivity index (χ0v) is 11.9. The molecule has 4 nitrogen and oxygen atoms in total. The van der Waals surface area contributed by atoms with E-state index in [2.05, 4.69) is 0 Å². The molecule has 0 atom stereocenters. The number of hydrogen-bond acceptors (Lipinski definition) is 4. The molecule has 1 heterocycles. The minimum absolute atomic E-state index is 0.0269. The predicted molar refractivity (Wildman–Crippen MR) is 80.5 cm³/mol. The van der Waals surface area contributed by atoms with Gasteiger partial charge in [-0.15, -0.1) is 0 Å². The Balaban J connectivity index is 2.25. The standard InChI is InChI=1S/C15H13NO3S/c1-18-11-7-10(8-12(9-11)19-2)16-15(17)13-5-3-4-6-14(13)20-16/h3-9H,1-2H3. The maximum absolute atomic E-state index is 12.4. The highest BCUT2D eigenvalue weighted by molar-refractivity contribution is 7.14. The van der Waals surface area contributed by atoms with Crippen LogP contribution < -0.4 is 15.0 Å². The van der Waals surface area contributed by atoms with Gasteiger partial charge in [0.1, 0.15) is 11.5 Å². The van der Waals surface area contributed by atoms with Crippen LogP contribution in [0.25, 0.3) is 15.8 Å². The molecule has 0 aliphatic rings. The van der Waals surface area contributed by atoms with Crippen molar-refractivity contribution < 1.29 is 9.47 Å². The molecule has 0 aliphatic heterocycles. The average molecular weight is 287 g/mol. The Labute approximate surface area is 119 Å². The van der Waals surface area contributed by atoms with Gasteiger partial charge in [0.2, 0.25) is 0 Å². The summed E-state index contributed by atoms with van der Waals surface area (Å²) >= 11 is 1.41. The molecule has 0 saturated carbocycles. The molecule has 2 aromatic carbocycles. The van der Waals surface area contributed by atoms with Crippen LogP contribution in [-0.2, 0) is 0 Å². The van der Waals surface area contributed by atoms with E-state index in [9.17, 15) is 4.79 Å². The summed E-state index contributed by atoms with van der Waals surface area (Å²) in [6.45, 7) is 0. The van der Waals surface area contributed by atoms with E-state index in [1.165, 1.54) is 11.5 Å². The molecule has 0 saturated heterocycles. The average Bonchev–Trinajstić information content (AvgIpc) is 2.84. The van der Waals surface area contributed by atoms with Crippen LogP contribution in [-0.4, -0.2) is 18.2 Å². The van der Waals surface area contributed by atoms with Crippen LogP contribution in [0.5, 0.6) is 11.5 Å². The van der Waals surface area contributed by atoms with E-state index < -0.39 is 0 Å². The summed E-state index contributed by atoms with van der Waals surface area (Å²) in [4.78, 5) is 12.4. The van der Waals surface area contributed by atoms with Crippen molar-refractivity contribution in [1.29, 1.82) is 0 Å². The third kappa shape index (κ3) is 2.06. The fourth-order valence-corrected chi connectivity index (χ4v) is 3.03. The lowest BCUT2D eigenvalue weighted by Gasteiger charge is -2.07. The molecular formula is C15H13NO3S. The van der Waals surface area contributed by atoms with Crippen molar-refractivity contribution >= 4 is 21.6 Å². The zero-order valence-electron chi connectivity index (χ0n) is 11.1. The lowest BCUT2D eigenvalue weighted by Crippen LogP contribution is -2.10. The van der Waals surface area contributed by atoms with Crippen LogP contribution in [0.2, 0.25) is 0 Å². The van der Waals surface area contributed by atoms with Crippen LogP contribution in [0.3, 0.4) is 0 Å². The monoisotopic (exact) mass is 287 g/mol. The molecule has 0 aliphatic carbocycles. The van der Waals surface area contributed by atoms with E-state index in [1.807, 2.05) is 36.4 Å². The highest BCUT2D eigenvalue weighted by atomic mass is 32.1. The molecule has 5 heteroatoms. The van der Waals surface area contributed by atoms with Gasteiger partial charge in [-0.2, -0.15) is 0 Å². The molecule has 1 aromatic heterocycles. The second-order valence-electron chi connectivity index (χ2n) is 4.26. The summed E-state index contributed by atoms with van der Waals surface area (Å²) in [5.74, 6) is 1.31. The van der Waals surface area contributed by atoms with E-state index >= 15 is 0 Å². The van der Waals surface area contributed by atoms with Crippen LogP contribution in [0.15, 0.2) is 47.3 Å². The van der Waals surface area contributed by atoms with Crippen molar-refractivity contribution in [3.8, 4) is 17.2 Å². The number of benzene rings is 2. The molecule has 0 radical (unpaired) electrons. The second kappa shape index (κ2) is 5.02. The first-order valence-corrected chi connectivity index (χ1v) is 6.85. The van der Waals surface area contributed by atoms with Crippen molar-refractivity contribution in [1.82, 2.24) is 3.96 Å². The first-order valence-electron chi connectivity index (χ1n) is 6.07. The fourth-order valence-electron chi connectivity index (χ4n) is 2.05. The Kier molecular flexibility index (Phi) is 3.20. The molecule has 20 heavy (non-hydrogen) atoms. The molecular weight excluding hydrogens is 274 g/mol. The van der Waals surface area contributed by atoms with Crippen molar-refractivity contribution in [3.05, 3.63) is 52.8 Å². The summed E-state index contributed by atoms with van der Waals surface area (Å²) in [6.07, 6.45) is 0. The van der Waals surface area contributed by atoms with Gasteiger partial charge in [0, 0.05) is 18.2 Å². The summed E-state index contributed by atoms with van der Waals surface area (Å²) in [5.41, 5.74) is 0.716. The maximum Gasteiger partial charge on any atom is 0.273 e. The molecule has 3 aromatic rings. The van der Waals surface area contributed by atoms with Crippen LogP contribution >= 0.6 is 11.5 Å². The normalized spacial score (nSPS) is 10.7. The van der Waals surface area contributed by atoms with Gasteiger partial charge in [0.25, 0.3) is 5.56 Å². The van der Waals surface area contributed by atoms with Gasteiger partial charge in [0.05, 0.1) is 30.0 Å². The van der Waals surface area contributed by atoms with Crippen molar-refractivity contribution in [2.24, 2.45) is 0 Å². The number of nitrogens with zero attached hydrogens (tertiary/aromatic N) is 1. The molecule has 0 fully saturated rings. The van der Waals surface area contributed by atoms with E-state index in [4.69, 9.17) is 9.47 Å². The number of fused-ring (bicyclic) bond motifs is 1. The topological polar surface area (TPSA) is 40.5 Å². The maximum atomic E-state index is 12.4. The van der Waals surface area contributed by atoms with Gasteiger partial charge < -0.3 is 9.47 Å². The first-order chi connectivity index (χ1) is 9.72.